The van der Waals surface area contributed by atoms with E-state index in [-0.39, 0.29) is 28.6 Å². The molecule has 1 aromatic heterocycles. The van der Waals surface area contributed by atoms with Gasteiger partial charge in [0.25, 0.3) is 6.43 Å². The number of alkyl halides is 2. The van der Waals surface area contributed by atoms with Gasteiger partial charge in [-0.25, -0.2) is 18.2 Å². The second kappa shape index (κ2) is 9.23. The van der Waals surface area contributed by atoms with Gasteiger partial charge in [0.15, 0.2) is 8.32 Å². The van der Waals surface area contributed by atoms with Crippen LogP contribution < -0.4 is 4.90 Å². The van der Waals surface area contributed by atoms with Gasteiger partial charge in [-0.1, -0.05) is 44.1 Å². The molecule has 0 unspecified atom stereocenters. The first-order valence-electron chi connectivity index (χ1n) is 10.5. The predicted molar refractivity (Wildman–Crippen MR) is 123 cm³/mol. The molecule has 0 radical (unpaired) electrons. The molecule has 174 valence electrons. The fraction of sp³-hybridized carbons (Fsp3) is 0.478. The molecule has 0 amide bonds. The highest BCUT2D eigenvalue weighted by molar-refractivity contribution is 6.74. The molecule has 1 saturated heterocycles. The van der Waals surface area contributed by atoms with Gasteiger partial charge < -0.3 is 14.2 Å². The van der Waals surface area contributed by atoms with E-state index >= 15 is 4.39 Å². The Morgan fingerprint density at radius 1 is 1.22 bits per heavy atom. The summed E-state index contributed by atoms with van der Waals surface area (Å²) in [6, 6.07) is 6.26. The Hall–Kier alpha value is -2.39. The second-order valence-corrected chi connectivity index (χ2v) is 14.3. The standard InChI is InChI=1S/C23H30F3N3O2Si/c1-23(2,3)32(5,6)31-14-15-8-7-9-18(20(15)24)16-10-19(21(25)26)22(27-11-16)29-12-17(13-29)28-30-4/h7-11,21H,12-14H2,1-6H3. The molecule has 9 heteroatoms. The van der Waals surface area contributed by atoms with Crippen LogP contribution in [0.2, 0.25) is 18.1 Å². The van der Waals surface area contributed by atoms with Crippen molar-refractivity contribution in [3.8, 4) is 11.1 Å². The Kier molecular flexibility index (Phi) is 6.99. The second-order valence-electron chi connectivity index (χ2n) is 9.46. The molecule has 0 spiro atoms. The van der Waals surface area contributed by atoms with Crippen molar-refractivity contribution >= 4 is 19.8 Å². The molecular formula is C23H30F3N3O2Si. The summed E-state index contributed by atoms with van der Waals surface area (Å²) in [7, 11) is -0.625. The molecule has 2 heterocycles. The molecule has 1 aliphatic heterocycles. The van der Waals surface area contributed by atoms with E-state index in [9.17, 15) is 8.78 Å². The largest absolute Gasteiger partial charge is 0.412 e. The third-order valence-electron chi connectivity index (χ3n) is 6.18. The lowest BCUT2D eigenvalue weighted by molar-refractivity contribution is 0.151. The summed E-state index contributed by atoms with van der Waals surface area (Å²) in [6.45, 7) is 11.4. The molecule has 32 heavy (non-hydrogen) atoms. The van der Waals surface area contributed by atoms with Crippen LogP contribution in [0.4, 0.5) is 19.0 Å². The Morgan fingerprint density at radius 2 is 1.91 bits per heavy atom. The first-order valence-corrected chi connectivity index (χ1v) is 13.4. The van der Waals surface area contributed by atoms with Gasteiger partial charge in [-0.2, -0.15) is 0 Å². The van der Waals surface area contributed by atoms with Crippen LogP contribution in [0, 0.1) is 5.82 Å². The van der Waals surface area contributed by atoms with E-state index in [2.05, 4.69) is 44.0 Å². The fourth-order valence-corrected chi connectivity index (χ4v) is 4.12. The normalized spacial score (nSPS) is 14.6. The summed E-state index contributed by atoms with van der Waals surface area (Å²) in [4.78, 5) is 10.6. The molecular weight excluding hydrogens is 435 g/mol. The molecule has 0 bridgehead atoms. The number of anilines is 1. The average Bonchev–Trinajstić information content (AvgIpc) is 2.68. The lowest BCUT2D eigenvalue weighted by Crippen LogP contribution is -2.48. The maximum atomic E-state index is 15.3. The van der Waals surface area contributed by atoms with E-state index < -0.39 is 20.6 Å². The zero-order valence-electron chi connectivity index (χ0n) is 19.4. The number of benzene rings is 1. The number of hydrogen-bond acceptors (Lipinski definition) is 5. The first-order chi connectivity index (χ1) is 14.9. The quantitative estimate of drug-likeness (QED) is 0.362. The van der Waals surface area contributed by atoms with Crippen LogP contribution in [0.15, 0.2) is 35.6 Å². The van der Waals surface area contributed by atoms with Gasteiger partial charge in [0.05, 0.1) is 31.0 Å². The van der Waals surface area contributed by atoms with Crippen molar-refractivity contribution in [3.05, 3.63) is 47.4 Å². The number of halogens is 3. The smallest absolute Gasteiger partial charge is 0.267 e. The van der Waals surface area contributed by atoms with E-state index in [1.165, 1.54) is 19.4 Å². The number of aromatic nitrogens is 1. The van der Waals surface area contributed by atoms with Gasteiger partial charge in [0.1, 0.15) is 18.7 Å². The van der Waals surface area contributed by atoms with E-state index in [1.54, 1.807) is 23.1 Å². The van der Waals surface area contributed by atoms with Crippen LogP contribution in [0.5, 0.6) is 0 Å². The Morgan fingerprint density at radius 3 is 2.50 bits per heavy atom. The Labute approximate surface area is 188 Å². The van der Waals surface area contributed by atoms with Crippen LogP contribution in [0.3, 0.4) is 0 Å². The van der Waals surface area contributed by atoms with E-state index in [4.69, 9.17) is 9.26 Å². The fourth-order valence-electron chi connectivity index (χ4n) is 3.17. The van der Waals surface area contributed by atoms with Crippen molar-refractivity contribution < 1.29 is 22.4 Å². The van der Waals surface area contributed by atoms with Crippen molar-refractivity contribution in [1.29, 1.82) is 0 Å². The van der Waals surface area contributed by atoms with Crippen LogP contribution in [0.1, 0.15) is 38.3 Å². The number of pyridine rings is 1. The molecule has 0 atom stereocenters. The molecule has 0 saturated carbocycles. The number of oxime groups is 1. The number of hydrogen-bond donors (Lipinski definition) is 0. The molecule has 3 rings (SSSR count). The number of rotatable bonds is 7. The number of nitrogens with zero attached hydrogens (tertiary/aromatic N) is 3. The zero-order valence-corrected chi connectivity index (χ0v) is 20.4. The summed E-state index contributed by atoms with van der Waals surface area (Å²) in [5, 5.41) is 3.82. The van der Waals surface area contributed by atoms with Crippen LogP contribution in [0.25, 0.3) is 11.1 Å². The van der Waals surface area contributed by atoms with E-state index in [0.29, 0.717) is 24.2 Å². The van der Waals surface area contributed by atoms with Crippen molar-refractivity contribution in [3.63, 3.8) is 0 Å². The summed E-state index contributed by atoms with van der Waals surface area (Å²) < 4.78 is 49.1. The van der Waals surface area contributed by atoms with Crippen LogP contribution in [-0.2, 0) is 15.9 Å². The molecule has 2 aromatic rings. The Balaban J connectivity index is 1.87. The molecule has 0 N–H and O–H groups in total. The lowest BCUT2D eigenvalue weighted by atomic mass is 10.0. The van der Waals surface area contributed by atoms with Gasteiger partial charge in [-0.3, -0.25) is 0 Å². The molecule has 1 aromatic carbocycles. The highest BCUT2D eigenvalue weighted by Gasteiger charge is 2.37. The molecule has 1 fully saturated rings. The van der Waals surface area contributed by atoms with E-state index in [0.717, 1.165) is 5.71 Å². The lowest BCUT2D eigenvalue weighted by Gasteiger charge is -2.36. The maximum absolute atomic E-state index is 15.3. The monoisotopic (exact) mass is 465 g/mol. The van der Waals surface area contributed by atoms with Gasteiger partial charge in [-0.05, 0) is 24.2 Å². The molecule has 5 nitrogen and oxygen atoms in total. The minimum absolute atomic E-state index is 0.00229. The summed E-state index contributed by atoms with van der Waals surface area (Å²) in [5.74, 6) is -0.295. The van der Waals surface area contributed by atoms with Crippen molar-refractivity contribution in [2.24, 2.45) is 5.16 Å². The van der Waals surface area contributed by atoms with Crippen molar-refractivity contribution in [2.75, 3.05) is 25.1 Å². The maximum Gasteiger partial charge on any atom is 0.267 e. The Bertz CT molecular complexity index is 998. The third kappa shape index (κ3) is 4.99. The SMILES string of the molecule is CON=C1CN(c2ncc(-c3cccc(CO[Si](C)(C)C(C)(C)C)c3F)cc2C(F)F)C1. The minimum Gasteiger partial charge on any atom is -0.412 e. The topological polar surface area (TPSA) is 47.0 Å². The predicted octanol–water partition coefficient (Wildman–Crippen LogP) is 6.17. The van der Waals surface area contributed by atoms with E-state index in [1.807, 2.05) is 0 Å². The highest BCUT2D eigenvalue weighted by atomic mass is 28.4. The summed E-state index contributed by atoms with van der Waals surface area (Å²) in [5.41, 5.74) is 1.45. The van der Waals surface area contributed by atoms with Crippen molar-refractivity contribution in [1.82, 2.24) is 4.98 Å². The summed E-state index contributed by atoms with van der Waals surface area (Å²) >= 11 is 0. The zero-order chi connectivity index (χ0) is 23.7. The minimum atomic E-state index is -2.74. The summed E-state index contributed by atoms with van der Waals surface area (Å²) in [6.07, 6.45) is -1.31. The van der Waals surface area contributed by atoms with Crippen molar-refractivity contribution in [2.45, 2.75) is 51.9 Å². The molecule has 0 aliphatic carbocycles. The van der Waals surface area contributed by atoms with Gasteiger partial charge >= 0.3 is 0 Å². The van der Waals surface area contributed by atoms with Crippen LogP contribution >= 0.6 is 0 Å². The van der Waals surface area contributed by atoms with Gasteiger partial charge in [0, 0.05) is 22.9 Å². The van der Waals surface area contributed by atoms with Gasteiger partial charge in [-0.15, -0.1) is 0 Å². The highest BCUT2D eigenvalue weighted by Crippen LogP contribution is 2.38. The van der Waals surface area contributed by atoms with Crippen LogP contribution in [-0.4, -0.2) is 39.2 Å². The first kappa shape index (κ1) is 24.3. The van der Waals surface area contributed by atoms with Gasteiger partial charge in [0.2, 0.25) is 0 Å². The molecule has 1 aliphatic rings. The third-order valence-corrected chi connectivity index (χ3v) is 10.7. The average molecular weight is 466 g/mol.